The van der Waals surface area contributed by atoms with Crippen molar-refractivity contribution in [3.63, 3.8) is 0 Å². The first-order valence-electron chi connectivity index (χ1n) is 18.9. The van der Waals surface area contributed by atoms with Crippen molar-refractivity contribution in [1.29, 1.82) is 10.5 Å². The molecule has 0 amide bonds. The summed E-state index contributed by atoms with van der Waals surface area (Å²) < 4.78 is 37.1. The van der Waals surface area contributed by atoms with Crippen LogP contribution in [0.4, 0.5) is 0 Å². The summed E-state index contributed by atoms with van der Waals surface area (Å²) in [6.45, 7) is 24.4. The molecule has 3 fully saturated rings. The Bertz CT molecular complexity index is 2010. The fourth-order valence-electron chi connectivity index (χ4n) is 5.99. The zero-order valence-electron chi connectivity index (χ0n) is 34.7. The molecule has 4 aromatic rings. The number of hydrogen-bond acceptors (Lipinski definition) is 8. The summed E-state index contributed by atoms with van der Waals surface area (Å²) in [5.74, 6) is 0. The first-order chi connectivity index (χ1) is 26.0. The van der Waals surface area contributed by atoms with Crippen LogP contribution in [0.2, 0.25) is 0 Å². The number of rotatable bonds is 4. The lowest BCUT2D eigenvalue weighted by Gasteiger charge is -2.32. The van der Waals surface area contributed by atoms with E-state index in [9.17, 15) is 0 Å². The van der Waals surface area contributed by atoms with Crippen LogP contribution in [0.25, 0.3) is 22.3 Å². The molecule has 0 aromatic heterocycles. The summed E-state index contributed by atoms with van der Waals surface area (Å²) in [6.07, 6.45) is 0. The van der Waals surface area contributed by atoms with Crippen molar-refractivity contribution in [3.05, 3.63) is 113 Å². The SMILES string of the molecule is CC1(C)OB(B2OC(C)(C)C(C)(C)O2)OC1(C)C.CC1(C)OB(c2cccc(-c3ccc(C#N)cc3)c2)OC1(C)C.N#Cc1ccc(-c2cccc(Br)c2)cc1. The Morgan fingerprint density at radius 3 is 1.12 bits per heavy atom. The molecule has 0 spiro atoms. The van der Waals surface area contributed by atoms with Gasteiger partial charge in [-0.05, 0) is 147 Å². The minimum Gasteiger partial charge on any atom is -0.405 e. The molecule has 0 aliphatic carbocycles. The Labute approximate surface area is 343 Å². The molecule has 0 unspecified atom stereocenters. The molecule has 8 nitrogen and oxygen atoms in total. The van der Waals surface area contributed by atoms with Gasteiger partial charge in [0, 0.05) is 4.47 Å². The average molecular weight is 817 g/mol. The van der Waals surface area contributed by atoms with E-state index >= 15 is 0 Å². The van der Waals surface area contributed by atoms with E-state index in [1.54, 1.807) is 0 Å². The Morgan fingerprint density at radius 1 is 0.429 bits per heavy atom. The van der Waals surface area contributed by atoms with Crippen molar-refractivity contribution in [1.82, 2.24) is 0 Å². The van der Waals surface area contributed by atoms with Crippen LogP contribution >= 0.6 is 15.9 Å². The van der Waals surface area contributed by atoms with Crippen molar-refractivity contribution < 1.29 is 27.9 Å². The molecule has 7 rings (SSSR count). The molecule has 3 saturated heterocycles. The molecule has 290 valence electrons. The molecule has 3 aliphatic heterocycles. The number of nitriles is 2. The average Bonchev–Trinajstić information content (AvgIpc) is 3.61. The third-order valence-corrected chi connectivity index (χ3v) is 12.2. The quantitative estimate of drug-likeness (QED) is 0.188. The Balaban J connectivity index is 0.000000165. The highest BCUT2D eigenvalue weighted by Crippen LogP contribution is 2.43. The first-order valence-corrected chi connectivity index (χ1v) is 19.7. The van der Waals surface area contributed by atoms with Crippen LogP contribution in [0.15, 0.2) is 102 Å². The van der Waals surface area contributed by atoms with Gasteiger partial charge >= 0.3 is 21.1 Å². The summed E-state index contributed by atoms with van der Waals surface area (Å²) in [5, 5.41) is 17.6. The molecular formula is C44H52B3BrN2O6. The van der Waals surface area contributed by atoms with Gasteiger partial charge in [-0.2, -0.15) is 10.5 Å². The van der Waals surface area contributed by atoms with Gasteiger partial charge in [0.25, 0.3) is 0 Å². The van der Waals surface area contributed by atoms with Gasteiger partial charge in [0.15, 0.2) is 0 Å². The van der Waals surface area contributed by atoms with Gasteiger partial charge in [-0.15, -0.1) is 0 Å². The first kappa shape index (κ1) is 43.4. The maximum Gasteiger partial charge on any atom is 0.494 e. The van der Waals surface area contributed by atoms with Gasteiger partial charge in [-0.3, -0.25) is 0 Å². The van der Waals surface area contributed by atoms with E-state index in [-0.39, 0.29) is 40.7 Å². The van der Waals surface area contributed by atoms with E-state index < -0.39 is 14.0 Å². The number of nitrogens with zero attached hydrogens (tertiary/aromatic N) is 2. The molecule has 4 aromatic carbocycles. The Hall–Kier alpha value is -3.71. The predicted molar refractivity (Wildman–Crippen MR) is 229 cm³/mol. The maximum absolute atomic E-state index is 8.90. The van der Waals surface area contributed by atoms with Gasteiger partial charge in [-0.1, -0.05) is 76.6 Å². The fourth-order valence-corrected chi connectivity index (χ4v) is 6.39. The highest BCUT2D eigenvalue weighted by molar-refractivity contribution is 9.10. The van der Waals surface area contributed by atoms with Crippen LogP contribution in [0.1, 0.15) is 94.2 Å². The lowest BCUT2D eigenvalue weighted by Crippen LogP contribution is -2.41. The Kier molecular flexibility index (Phi) is 12.6. The Morgan fingerprint density at radius 2 is 0.768 bits per heavy atom. The van der Waals surface area contributed by atoms with Crippen molar-refractivity contribution in [2.24, 2.45) is 0 Å². The van der Waals surface area contributed by atoms with E-state index in [4.69, 9.17) is 38.4 Å². The topological polar surface area (TPSA) is 103 Å². The molecule has 3 heterocycles. The minimum atomic E-state index is -0.476. The highest BCUT2D eigenvalue weighted by atomic mass is 79.9. The molecule has 12 heteroatoms. The molecule has 0 radical (unpaired) electrons. The fraction of sp³-hybridized carbons (Fsp3) is 0.409. The lowest BCUT2D eigenvalue weighted by atomic mass is 9.49. The molecule has 3 aliphatic rings. The number of hydrogen-bond donors (Lipinski definition) is 0. The number of halogens is 1. The van der Waals surface area contributed by atoms with Gasteiger partial charge in [-0.25, -0.2) is 0 Å². The van der Waals surface area contributed by atoms with Crippen molar-refractivity contribution in [2.75, 3.05) is 0 Å². The van der Waals surface area contributed by atoms with Crippen LogP contribution in [0.3, 0.4) is 0 Å². The largest absolute Gasteiger partial charge is 0.494 e. The zero-order valence-corrected chi connectivity index (χ0v) is 36.3. The second-order valence-electron chi connectivity index (χ2n) is 17.4. The highest BCUT2D eigenvalue weighted by Gasteiger charge is 2.63. The molecule has 0 saturated carbocycles. The van der Waals surface area contributed by atoms with Crippen molar-refractivity contribution in [3.8, 4) is 34.4 Å². The van der Waals surface area contributed by atoms with E-state index in [2.05, 4.69) is 74.0 Å². The second kappa shape index (κ2) is 16.3. The predicted octanol–water partition coefficient (Wildman–Crippen LogP) is 9.76. The van der Waals surface area contributed by atoms with Crippen LogP contribution in [0.5, 0.6) is 0 Å². The minimum absolute atomic E-state index is 0.345. The lowest BCUT2D eigenvalue weighted by molar-refractivity contribution is 0.00578. The van der Waals surface area contributed by atoms with E-state index in [0.717, 1.165) is 32.2 Å². The summed E-state index contributed by atoms with van der Waals surface area (Å²) in [6, 6.07) is 35.7. The zero-order chi connectivity index (χ0) is 41.3. The van der Waals surface area contributed by atoms with E-state index in [1.807, 2.05) is 134 Å². The third-order valence-electron chi connectivity index (χ3n) is 11.7. The summed E-state index contributed by atoms with van der Waals surface area (Å²) in [4.78, 5) is 0. The molecule has 0 bridgehead atoms. The van der Waals surface area contributed by atoms with Crippen LogP contribution in [-0.2, 0) is 27.9 Å². The molecule has 56 heavy (non-hydrogen) atoms. The van der Waals surface area contributed by atoms with Crippen molar-refractivity contribution in [2.45, 2.75) is 117 Å². The normalized spacial score (nSPS) is 20.5. The van der Waals surface area contributed by atoms with Crippen LogP contribution in [-0.4, -0.2) is 54.7 Å². The third kappa shape index (κ3) is 9.52. The summed E-state index contributed by atoms with van der Waals surface area (Å²) >= 11 is 3.44. The second-order valence-corrected chi connectivity index (χ2v) is 18.3. The van der Waals surface area contributed by atoms with Gasteiger partial charge in [0.1, 0.15) is 0 Å². The smallest absolute Gasteiger partial charge is 0.405 e. The monoisotopic (exact) mass is 816 g/mol. The van der Waals surface area contributed by atoms with Crippen molar-refractivity contribution >= 4 is 42.5 Å². The molecular weight excluding hydrogens is 765 g/mol. The molecule has 0 N–H and O–H groups in total. The standard InChI is InChI=1S/C19H20BNO2.C13H8BrN.C12H24B2O4/c1-18(2)19(3,4)23-20(22-18)17-7-5-6-16(12-17)15-10-8-14(13-21)9-11-15;14-13-3-1-2-12(8-13)11-6-4-10(9-15)5-7-11;1-9(2)10(3,4)16-13(15-9)14-17-11(5,6)12(7,8)18-14/h5-12H,1-4H3;1-8H;1-8H3. The van der Waals surface area contributed by atoms with Crippen LogP contribution < -0.4 is 5.46 Å². The van der Waals surface area contributed by atoms with Gasteiger partial charge in [0.05, 0.1) is 56.9 Å². The summed E-state index contributed by atoms with van der Waals surface area (Å²) in [5.41, 5.74) is 4.65. The summed E-state index contributed by atoms with van der Waals surface area (Å²) in [7, 11) is -1.31. The maximum atomic E-state index is 8.90. The van der Waals surface area contributed by atoms with Gasteiger partial charge < -0.3 is 27.9 Å². The molecule has 0 atom stereocenters. The van der Waals surface area contributed by atoms with E-state index in [1.165, 1.54) is 0 Å². The van der Waals surface area contributed by atoms with E-state index in [0.29, 0.717) is 11.1 Å². The van der Waals surface area contributed by atoms with Gasteiger partial charge in [0.2, 0.25) is 0 Å². The number of benzene rings is 4. The van der Waals surface area contributed by atoms with Crippen LogP contribution in [0, 0.1) is 22.7 Å².